The van der Waals surface area contributed by atoms with Crippen molar-refractivity contribution in [1.29, 1.82) is 0 Å². The van der Waals surface area contributed by atoms with Crippen LogP contribution in [-0.2, 0) is 20.0 Å². The Kier molecular flexibility index (Phi) is 5.37. The van der Waals surface area contributed by atoms with Gasteiger partial charge in [0.05, 0.1) is 18.6 Å². The van der Waals surface area contributed by atoms with Crippen molar-refractivity contribution in [2.45, 2.75) is 24.7 Å². The van der Waals surface area contributed by atoms with Crippen LogP contribution in [0.3, 0.4) is 0 Å². The Bertz CT molecular complexity index is 668. The topological polar surface area (TPSA) is 116 Å². The number of ether oxygens (including phenoxy) is 1. The third-order valence-corrected chi connectivity index (χ3v) is 4.82. The van der Waals surface area contributed by atoms with Gasteiger partial charge in [-0.15, -0.1) is 0 Å². The van der Waals surface area contributed by atoms with Gasteiger partial charge in [-0.05, 0) is 24.6 Å². The molecule has 0 amide bonds. The second-order valence-electron chi connectivity index (χ2n) is 4.19. The van der Waals surface area contributed by atoms with Crippen LogP contribution >= 0.6 is 0 Å². The highest BCUT2D eigenvalue weighted by Crippen LogP contribution is 2.26. The molecular weight excluding hydrogens is 304 g/mol. The zero-order valence-electron chi connectivity index (χ0n) is 11.3. The Balaban J connectivity index is 3.11. The van der Waals surface area contributed by atoms with Crippen LogP contribution < -0.4 is 14.6 Å². The number of unbranched alkanes of at least 4 members (excludes halogenated alkanes) is 1. The van der Waals surface area contributed by atoms with Gasteiger partial charge in [0.15, 0.2) is 0 Å². The predicted octanol–water partition coefficient (Wildman–Crippen LogP) is 0.884. The van der Waals surface area contributed by atoms with Crippen molar-refractivity contribution in [2.75, 3.05) is 17.6 Å². The van der Waals surface area contributed by atoms with E-state index in [4.69, 9.17) is 9.88 Å². The molecule has 1 aromatic rings. The fourth-order valence-corrected chi connectivity index (χ4v) is 3.51. The van der Waals surface area contributed by atoms with Gasteiger partial charge in [0.25, 0.3) is 0 Å². The van der Waals surface area contributed by atoms with E-state index >= 15 is 0 Å². The van der Waals surface area contributed by atoms with Crippen molar-refractivity contribution in [1.82, 2.24) is 0 Å². The summed E-state index contributed by atoms with van der Waals surface area (Å²) in [6.45, 7) is 1.88. The van der Waals surface area contributed by atoms with E-state index in [9.17, 15) is 16.8 Å². The fourth-order valence-electron chi connectivity index (χ4n) is 1.53. The lowest BCUT2D eigenvalue weighted by Gasteiger charge is -2.11. The summed E-state index contributed by atoms with van der Waals surface area (Å²) < 4.78 is 53.5. The number of rotatable bonds is 7. The molecule has 7 nitrogen and oxygen atoms in total. The van der Waals surface area contributed by atoms with E-state index in [-0.39, 0.29) is 22.1 Å². The number of anilines is 1. The Morgan fingerprint density at radius 1 is 1.25 bits per heavy atom. The molecule has 0 aliphatic rings. The van der Waals surface area contributed by atoms with Gasteiger partial charge in [-0.3, -0.25) is 4.72 Å². The Labute approximate surface area is 119 Å². The first-order valence-electron chi connectivity index (χ1n) is 5.91. The van der Waals surface area contributed by atoms with Crippen LogP contribution in [0, 0.1) is 0 Å². The van der Waals surface area contributed by atoms with Crippen molar-refractivity contribution < 1.29 is 21.6 Å². The lowest BCUT2D eigenvalue weighted by Crippen LogP contribution is -2.18. The third kappa shape index (κ3) is 4.66. The summed E-state index contributed by atoms with van der Waals surface area (Å²) in [5.41, 5.74) is 0.130. The molecule has 0 aliphatic heterocycles. The van der Waals surface area contributed by atoms with E-state index in [0.717, 1.165) is 12.5 Å². The molecule has 1 aromatic carbocycles. The first-order valence-corrected chi connectivity index (χ1v) is 9.11. The molecule has 0 unspecified atom stereocenters. The molecule has 3 N–H and O–H groups in total. The highest BCUT2D eigenvalue weighted by Gasteiger charge is 2.17. The van der Waals surface area contributed by atoms with Gasteiger partial charge in [-0.25, -0.2) is 22.0 Å². The van der Waals surface area contributed by atoms with Crippen molar-refractivity contribution in [2.24, 2.45) is 5.14 Å². The van der Waals surface area contributed by atoms with Crippen LogP contribution in [0.1, 0.15) is 19.8 Å². The second-order valence-corrected chi connectivity index (χ2v) is 7.56. The highest BCUT2D eigenvalue weighted by molar-refractivity contribution is 7.92. The van der Waals surface area contributed by atoms with Gasteiger partial charge in [0.1, 0.15) is 10.6 Å². The number of hydrogen-bond acceptors (Lipinski definition) is 5. The number of sulfonamides is 2. The standard InChI is InChI=1S/C11H18N2O5S2/c1-3-4-7-19(14,15)13-9-5-6-10(18-2)11(8-9)20(12,16)17/h5-6,8,13H,3-4,7H2,1-2H3,(H2,12,16,17). The lowest BCUT2D eigenvalue weighted by molar-refractivity contribution is 0.403. The van der Waals surface area contributed by atoms with Crippen LogP contribution in [0.15, 0.2) is 23.1 Å². The minimum Gasteiger partial charge on any atom is -0.495 e. The number of benzene rings is 1. The van der Waals surface area contributed by atoms with E-state index < -0.39 is 20.0 Å². The first kappa shape index (κ1) is 16.7. The van der Waals surface area contributed by atoms with E-state index in [1.165, 1.54) is 19.2 Å². The summed E-state index contributed by atoms with van der Waals surface area (Å²) in [7, 11) is -6.20. The summed E-state index contributed by atoms with van der Waals surface area (Å²) >= 11 is 0. The average molecular weight is 322 g/mol. The van der Waals surface area contributed by atoms with E-state index in [1.807, 2.05) is 6.92 Å². The number of primary sulfonamides is 1. The van der Waals surface area contributed by atoms with E-state index in [1.54, 1.807) is 0 Å². The number of hydrogen-bond donors (Lipinski definition) is 2. The van der Waals surface area contributed by atoms with Gasteiger partial charge in [-0.2, -0.15) is 0 Å². The summed E-state index contributed by atoms with van der Waals surface area (Å²) in [6, 6.07) is 3.89. The minimum absolute atomic E-state index is 0.0275. The van der Waals surface area contributed by atoms with Crippen molar-refractivity contribution in [3.63, 3.8) is 0 Å². The molecule has 0 saturated carbocycles. The molecule has 0 bridgehead atoms. The Morgan fingerprint density at radius 2 is 1.90 bits per heavy atom. The minimum atomic E-state index is -4.00. The zero-order chi connectivity index (χ0) is 15.4. The molecule has 20 heavy (non-hydrogen) atoms. The van der Waals surface area contributed by atoms with Crippen LogP contribution in [0.4, 0.5) is 5.69 Å². The molecule has 0 saturated heterocycles. The van der Waals surface area contributed by atoms with Crippen LogP contribution in [0.5, 0.6) is 5.75 Å². The molecule has 0 aliphatic carbocycles. The maximum absolute atomic E-state index is 11.8. The molecular formula is C11H18N2O5S2. The summed E-state index contributed by atoms with van der Waals surface area (Å²) in [5.74, 6) is 0.0317. The molecule has 0 atom stereocenters. The normalized spacial score (nSPS) is 12.2. The highest BCUT2D eigenvalue weighted by atomic mass is 32.2. The molecule has 9 heteroatoms. The molecule has 0 spiro atoms. The van der Waals surface area contributed by atoms with Crippen LogP contribution in [0.25, 0.3) is 0 Å². The number of methoxy groups -OCH3 is 1. The average Bonchev–Trinajstić information content (AvgIpc) is 2.35. The summed E-state index contributed by atoms with van der Waals surface area (Å²) in [4.78, 5) is -0.268. The monoisotopic (exact) mass is 322 g/mol. The van der Waals surface area contributed by atoms with Crippen LogP contribution in [0.2, 0.25) is 0 Å². The van der Waals surface area contributed by atoms with Gasteiger partial charge in [0.2, 0.25) is 20.0 Å². The second kappa shape index (κ2) is 6.42. The Morgan fingerprint density at radius 3 is 2.40 bits per heavy atom. The molecule has 0 heterocycles. The summed E-state index contributed by atoms with van der Waals surface area (Å²) in [6.07, 6.45) is 1.26. The quantitative estimate of drug-likeness (QED) is 0.773. The molecule has 114 valence electrons. The van der Waals surface area contributed by atoms with Gasteiger partial charge < -0.3 is 4.74 Å². The largest absolute Gasteiger partial charge is 0.495 e. The zero-order valence-corrected chi connectivity index (χ0v) is 12.9. The molecule has 0 aromatic heterocycles. The fraction of sp³-hybridized carbons (Fsp3) is 0.455. The van der Waals surface area contributed by atoms with Crippen molar-refractivity contribution in [3.05, 3.63) is 18.2 Å². The van der Waals surface area contributed by atoms with Gasteiger partial charge in [-0.1, -0.05) is 13.3 Å². The van der Waals surface area contributed by atoms with Gasteiger partial charge >= 0.3 is 0 Å². The summed E-state index contributed by atoms with van der Waals surface area (Å²) in [5, 5.41) is 5.06. The number of nitrogens with two attached hydrogens (primary N) is 1. The molecule has 0 fully saturated rings. The molecule has 0 radical (unpaired) electrons. The van der Waals surface area contributed by atoms with E-state index in [0.29, 0.717) is 6.42 Å². The lowest BCUT2D eigenvalue weighted by atomic mass is 10.3. The van der Waals surface area contributed by atoms with Crippen LogP contribution in [-0.4, -0.2) is 29.7 Å². The smallest absolute Gasteiger partial charge is 0.241 e. The maximum atomic E-state index is 11.8. The first-order chi connectivity index (χ1) is 9.19. The van der Waals surface area contributed by atoms with Gasteiger partial charge in [0, 0.05) is 0 Å². The van der Waals surface area contributed by atoms with Crippen molar-refractivity contribution >= 4 is 25.7 Å². The third-order valence-electron chi connectivity index (χ3n) is 2.51. The van der Waals surface area contributed by atoms with Crippen molar-refractivity contribution in [3.8, 4) is 5.75 Å². The predicted molar refractivity (Wildman–Crippen MR) is 76.7 cm³/mol. The van der Waals surface area contributed by atoms with E-state index in [2.05, 4.69) is 4.72 Å². The Hall–Kier alpha value is -1.32. The number of nitrogens with one attached hydrogen (secondary N) is 1. The molecule has 1 rings (SSSR count). The maximum Gasteiger partial charge on any atom is 0.241 e. The SMILES string of the molecule is CCCCS(=O)(=O)Nc1ccc(OC)c(S(N)(=O)=O)c1.